The maximum atomic E-state index is 12.2. The van der Waals surface area contributed by atoms with Crippen LogP contribution in [0.2, 0.25) is 0 Å². The highest BCUT2D eigenvalue weighted by molar-refractivity contribution is 14.1. The molecule has 0 spiro atoms. The second-order valence-electron chi connectivity index (χ2n) is 4.67. The number of ether oxygens (including phenoxy) is 1. The van der Waals surface area contributed by atoms with E-state index in [0.29, 0.717) is 9.13 Å². The smallest absolute Gasteiger partial charge is 0.275 e. The second-order valence-corrected chi connectivity index (χ2v) is 7.07. The molecule has 0 bridgehead atoms. The number of nitrogens with zero attached hydrogens (tertiary/aromatic N) is 2. The molecule has 1 amide bonds. The second kappa shape index (κ2) is 8.42. The van der Waals surface area contributed by atoms with Crippen LogP contribution in [0.4, 0.5) is 5.69 Å². The molecule has 10 heteroatoms. The Bertz CT molecular complexity index is 870. The van der Waals surface area contributed by atoms with Gasteiger partial charge in [0.05, 0.1) is 27.4 Å². The summed E-state index contributed by atoms with van der Waals surface area (Å²) in [7, 11) is 1.35. The first-order valence-corrected chi connectivity index (χ1v) is 8.83. The lowest BCUT2D eigenvalue weighted by Gasteiger charge is -2.07. The van der Waals surface area contributed by atoms with Crippen molar-refractivity contribution in [3.8, 4) is 11.5 Å². The van der Waals surface area contributed by atoms with Gasteiger partial charge in [-0.2, -0.15) is 5.10 Å². The van der Waals surface area contributed by atoms with Crippen molar-refractivity contribution in [1.82, 2.24) is 5.43 Å². The van der Waals surface area contributed by atoms with E-state index < -0.39 is 10.8 Å². The number of phenolic OH excluding ortho intramolecular Hbond substituents is 1. The highest BCUT2D eigenvalue weighted by Gasteiger charge is 2.17. The van der Waals surface area contributed by atoms with Gasteiger partial charge in [-0.3, -0.25) is 14.9 Å². The molecule has 0 atom stereocenters. The number of aromatic hydroxyl groups is 1. The topological polar surface area (TPSA) is 114 Å². The number of hydrazone groups is 1. The fraction of sp³-hybridized carbons (Fsp3) is 0.0667. The van der Waals surface area contributed by atoms with Gasteiger partial charge in [0.1, 0.15) is 11.5 Å². The molecule has 8 nitrogen and oxygen atoms in total. The van der Waals surface area contributed by atoms with Crippen LogP contribution >= 0.6 is 45.2 Å². The minimum absolute atomic E-state index is 0.0182. The van der Waals surface area contributed by atoms with Gasteiger partial charge in [-0.1, -0.05) is 0 Å². The van der Waals surface area contributed by atoms with Crippen molar-refractivity contribution in [3.05, 3.63) is 58.7 Å². The third-order valence-electron chi connectivity index (χ3n) is 3.07. The average molecular weight is 567 g/mol. The van der Waals surface area contributed by atoms with E-state index in [2.05, 4.69) is 33.1 Å². The Morgan fingerprint density at radius 1 is 1.36 bits per heavy atom. The molecule has 0 aliphatic rings. The maximum Gasteiger partial charge on any atom is 0.275 e. The Morgan fingerprint density at radius 3 is 2.72 bits per heavy atom. The monoisotopic (exact) mass is 567 g/mol. The third kappa shape index (κ3) is 4.78. The lowest BCUT2D eigenvalue weighted by atomic mass is 10.1. The first-order valence-electron chi connectivity index (χ1n) is 6.67. The molecule has 2 rings (SSSR count). The Morgan fingerprint density at radius 2 is 2.08 bits per heavy atom. The number of hydrogen-bond acceptors (Lipinski definition) is 6. The van der Waals surface area contributed by atoms with Gasteiger partial charge in [-0.05, 0) is 63.4 Å². The van der Waals surface area contributed by atoms with E-state index in [1.54, 1.807) is 12.1 Å². The summed E-state index contributed by atoms with van der Waals surface area (Å²) in [6, 6.07) is 7.17. The van der Waals surface area contributed by atoms with Crippen LogP contribution in [0.5, 0.6) is 11.5 Å². The fourth-order valence-corrected chi connectivity index (χ4v) is 3.78. The van der Waals surface area contributed by atoms with E-state index in [-0.39, 0.29) is 22.7 Å². The number of benzene rings is 2. The van der Waals surface area contributed by atoms with Crippen LogP contribution in [0, 0.1) is 17.3 Å². The molecule has 0 aliphatic heterocycles. The number of methoxy groups -OCH3 is 1. The molecule has 0 unspecified atom stereocenters. The van der Waals surface area contributed by atoms with Crippen LogP contribution in [0.15, 0.2) is 35.4 Å². The highest BCUT2D eigenvalue weighted by Crippen LogP contribution is 2.26. The van der Waals surface area contributed by atoms with E-state index in [4.69, 9.17) is 4.74 Å². The summed E-state index contributed by atoms with van der Waals surface area (Å²) in [6.07, 6.45) is 1.29. The zero-order chi connectivity index (χ0) is 18.6. The number of carbonyl (C=O) groups excluding carboxylic acids is 1. The van der Waals surface area contributed by atoms with E-state index >= 15 is 0 Å². The standard InChI is InChI=1S/C15H11I2N3O5/c1-25-13-3-2-10(20(23)24)6-11(13)15(22)19-18-7-8-4-9(16)5-12(17)14(8)21/h2-7,21H,1H3,(H,19,22)/b18-7-. The Kier molecular flexibility index (Phi) is 6.52. The van der Waals surface area contributed by atoms with Crippen LogP contribution in [0.25, 0.3) is 0 Å². The minimum Gasteiger partial charge on any atom is -0.506 e. The van der Waals surface area contributed by atoms with E-state index in [1.165, 1.54) is 25.5 Å². The van der Waals surface area contributed by atoms with Gasteiger partial charge < -0.3 is 9.84 Å². The number of amides is 1. The zero-order valence-electron chi connectivity index (χ0n) is 12.7. The van der Waals surface area contributed by atoms with Crippen molar-refractivity contribution in [1.29, 1.82) is 0 Å². The van der Waals surface area contributed by atoms with Crippen molar-refractivity contribution in [3.63, 3.8) is 0 Å². The molecule has 0 fully saturated rings. The number of non-ortho nitro benzene ring substituents is 1. The molecule has 2 N–H and O–H groups in total. The maximum absolute atomic E-state index is 12.2. The predicted molar refractivity (Wildman–Crippen MR) is 108 cm³/mol. The molecule has 0 radical (unpaired) electrons. The Hall–Kier alpha value is -1.96. The van der Waals surface area contributed by atoms with Gasteiger partial charge in [0.2, 0.25) is 0 Å². The lowest BCUT2D eigenvalue weighted by Crippen LogP contribution is -2.18. The summed E-state index contributed by atoms with van der Waals surface area (Å²) in [4.78, 5) is 22.5. The molecule has 0 saturated heterocycles. The van der Waals surface area contributed by atoms with Crippen molar-refractivity contribution in [2.45, 2.75) is 0 Å². The van der Waals surface area contributed by atoms with Crippen LogP contribution in [0.3, 0.4) is 0 Å². The van der Waals surface area contributed by atoms with Gasteiger partial charge in [0.25, 0.3) is 11.6 Å². The van der Waals surface area contributed by atoms with Crippen LogP contribution in [-0.2, 0) is 0 Å². The lowest BCUT2D eigenvalue weighted by molar-refractivity contribution is -0.384. The SMILES string of the molecule is COc1ccc([N+](=O)[O-])cc1C(=O)N/N=C\c1cc(I)cc(I)c1O. The minimum atomic E-state index is -0.670. The molecule has 2 aromatic rings. The number of nitro benzene ring substituents is 1. The van der Waals surface area contributed by atoms with E-state index in [0.717, 1.165) is 9.64 Å². The predicted octanol–water partition coefficient (Wildman–Crippen LogP) is 3.28. The third-order valence-corrected chi connectivity index (χ3v) is 4.51. The highest BCUT2D eigenvalue weighted by atomic mass is 127. The summed E-state index contributed by atoms with van der Waals surface area (Å²) in [5.74, 6) is -0.437. The molecule has 25 heavy (non-hydrogen) atoms. The summed E-state index contributed by atoms with van der Waals surface area (Å²) < 4.78 is 6.59. The largest absolute Gasteiger partial charge is 0.506 e. The van der Waals surface area contributed by atoms with Gasteiger partial charge >= 0.3 is 0 Å². The normalized spacial score (nSPS) is 10.7. The molecule has 130 valence electrons. The molecule has 0 aromatic heterocycles. The quantitative estimate of drug-likeness (QED) is 0.249. The fourth-order valence-electron chi connectivity index (χ4n) is 1.89. The molecule has 0 heterocycles. The van der Waals surface area contributed by atoms with E-state index in [9.17, 15) is 20.0 Å². The van der Waals surface area contributed by atoms with Gasteiger partial charge in [0.15, 0.2) is 0 Å². The first kappa shape index (κ1) is 19.4. The Labute approximate surface area is 169 Å². The number of nitro groups is 1. The number of rotatable bonds is 5. The molecule has 0 saturated carbocycles. The number of carbonyl (C=O) groups is 1. The summed E-state index contributed by atoms with van der Waals surface area (Å²) in [6.45, 7) is 0. The van der Waals surface area contributed by atoms with Crippen molar-refractivity contribution in [2.75, 3.05) is 7.11 Å². The van der Waals surface area contributed by atoms with Crippen LogP contribution < -0.4 is 10.2 Å². The zero-order valence-corrected chi connectivity index (χ0v) is 17.0. The Balaban J connectivity index is 2.23. The summed E-state index contributed by atoms with van der Waals surface area (Å²) >= 11 is 4.08. The average Bonchev–Trinajstić information content (AvgIpc) is 2.58. The van der Waals surface area contributed by atoms with Crippen molar-refractivity contribution >= 4 is 63.0 Å². The van der Waals surface area contributed by atoms with Crippen molar-refractivity contribution in [2.24, 2.45) is 5.10 Å². The van der Waals surface area contributed by atoms with E-state index in [1.807, 2.05) is 22.6 Å². The summed E-state index contributed by atoms with van der Waals surface area (Å²) in [5, 5.41) is 24.6. The van der Waals surface area contributed by atoms with Crippen molar-refractivity contribution < 1.29 is 19.6 Å². The molecule has 0 aliphatic carbocycles. The number of nitrogens with one attached hydrogen (secondary N) is 1. The molecule has 2 aromatic carbocycles. The first-order chi connectivity index (χ1) is 11.8. The number of halogens is 2. The van der Waals surface area contributed by atoms with Gasteiger partial charge in [-0.15, -0.1) is 0 Å². The number of phenols is 1. The number of hydrogen-bond donors (Lipinski definition) is 2. The van der Waals surface area contributed by atoms with Gasteiger partial charge in [-0.25, -0.2) is 5.43 Å². The van der Waals surface area contributed by atoms with Crippen LogP contribution in [-0.4, -0.2) is 29.3 Å². The summed E-state index contributed by atoms with van der Waals surface area (Å²) in [5.41, 5.74) is 2.44. The molecular formula is C15H11I2N3O5. The molecular weight excluding hydrogens is 556 g/mol. The van der Waals surface area contributed by atoms with Gasteiger partial charge in [0, 0.05) is 21.3 Å². The van der Waals surface area contributed by atoms with Crippen LogP contribution in [0.1, 0.15) is 15.9 Å².